The molecular weight excluding hydrogens is 220 g/mol. The molecule has 0 saturated carbocycles. The minimum atomic E-state index is 0.509. The molecule has 0 fully saturated rings. The van der Waals surface area contributed by atoms with Gasteiger partial charge in [-0.05, 0) is 22.0 Å². The van der Waals surface area contributed by atoms with Crippen molar-refractivity contribution in [3.05, 3.63) is 28.6 Å². The third-order valence-electron chi connectivity index (χ3n) is 1.51. The Hall–Kier alpha value is -1.41. The summed E-state index contributed by atoms with van der Waals surface area (Å²) in [7, 11) is 0. The zero-order chi connectivity index (χ0) is 8.55. The highest BCUT2D eigenvalue weighted by atomic mass is 79.9. The van der Waals surface area contributed by atoms with E-state index in [0.717, 1.165) is 4.47 Å². The van der Waals surface area contributed by atoms with Crippen LogP contribution in [0.3, 0.4) is 0 Å². The Morgan fingerprint density at radius 2 is 2.42 bits per heavy atom. The molecule has 0 aliphatic rings. The largest absolute Gasteiger partial charge is 0.220 e. The first-order valence-corrected chi connectivity index (χ1v) is 4.00. The van der Waals surface area contributed by atoms with Gasteiger partial charge in [-0.2, -0.15) is 10.4 Å². The van der Waals surface area contributed by atoms with E-state index in [1.807, 2.05) is 0 Å². The van der Waals surface area contributed by atoms with Crippen LogP contribution < -0.4 is 0 Å². The SMILES string of the molecule is N#Cc1c(Br)ccn2ncnc12. The number of nitrogens with zero attached hydrogens (tertiary/aromatic N) is 4. The van der Waals surface area contributed by atoms with Gasteiger partial charge in [-0.1, -0.05) is 0 Å². The van der Waals surface area contributed by atoms with Crippen molar-refractivity contribution in [2.24, 2.45) is 0 Å². The summed E-state index contributed by atoms with van der Waals surface area (Å²) < 4.78 is 2.30. The fourth-order valence-corrected chi connectivity index (χ4v) is 1.35. The molecule has 0 atom stereocenters. The van der Waals surface area contributed by atoms with Crippen LogP contribution in [-0.4, -0.2) is 14.6 Å². The molecule has 0 N–H and O–H groups in total. The molecular formula is C7H3BrN4. The average Bonchev–Trinajstić information content (AvgIpc) is 2.52. The fourth-order valence-electron chi connectivity index (χ4n) is 0.968. The van der Waals surface area contributed by atoms with E-state index in [4.69, 9.17) is 5.26 Å². The molecule has 0 bridgehead atoms. The highest BCUT2D eigenvalue weighted by molar-refractivity contribution is 9.10. The first-order chi connectivity index (χ1) is 5.83. The molecule has 2 aromatic rings. The van der Waals surface area contributed by atoms with Gasteiger partial charge in [0.1, 0.15) is 18.0 Å². The van der Waals surface area contributed by atoms with Gasteiger partial charge >= 0.3 is 0 Å². The standard InChI is InChI=1S/C7H3BrN4/c8-6-1-2-12-7(5(6)3-9)10-4-11-12/h1-2,4H. The lowest BCUT2D eigenvalue weighted by atomic mass is 10.3. The Morgan fingerprint density at radius 3 is 3.17 bits per heavy atom. The van der Waals surface area contributed by atoms with E-state index in [9.17, 15) is 0 Å². The van der Waals surface area contributed by atoms with Gasteiger partial charge in [0, 0.05) is 10.7 Å². The van der Waals surface area contributed by atoms with Crippen LogP contribution in [0.5, 0.6) is 0 Å². The molecule has 0 amide bonds. The normalized spacial score (nSPS) is 10.0. The highest BCUT2D eigenvalue weighted by Gasteiger charge is 2.05. The van der Waals surface area contributed by atoms with Crippen molar-refractivity contribution in [2.75, 3.05) is 0 Å². The number of aromatic nitrogens is 3. The number of nitriles is 1. The Labute approximate surface area is 76.6 Å². The van der Waals surface area contributed by atoms with Crippen LogP contribution in [0, 0.1) is 11.3 Å². The Morgan fingerprint density at radius 1 is 1.58 bits per heavy atom. The molecule has 2 heterocycles. The van der Waals surface area contributed by atoms with Gasteiger partial charge in [0.25, 0.3) is 0 Å². The minimum absolute atomic E-state index is 0.509. The summed E-state index contributed by atoms with van der Waals surface area (Å²) in [5.74, 6) is 0. The molecule has 0 aliphatic carbocycles. The summed E-state index contributed by atoms with van der Waals surface area (Å²) in [4.78, 5) is 3.95. The molecule has 12 heavy (non-hydrogen) atoms. The zero-order valence-corrected chi connectivity index (χ0v) is 7.48. The van der Waals surface area contributed by atoms with Crippen LogP contribution in [0.4, 0.5) is 0 Å². The maximum atomic E-state index is 8.77. The first kappa shape index (κ1) is 7.25. The van der Waals surface area contributed by atoms with Crippen LogP contribution >= 0.6 is 15.9 Å². The van der Waals surface area contributed by atoms with Crippen molar-refractivity contribution in [3.8, 4) is 6.07 Å². The Bertz CT molecular complexity index is 468. The quantitative estimate of drug-likeness (QED) is 0.677. The van der Waals surface area contributed by atoms with Gasteiger partial charge in [-0.25, -0.2) is 9.50 Å². The molecule has 0 aliphatic heterocycles. The average molecular weight is 223 g/mol. The number of halogens is 1. The monoisotopic (exact) mass is 222 g/mol. The molecule has 58 valence electrons. The summed E-state index contributed by atoms with van der Waals surface area (Å²) in [5.41, 5.74) is 1.09. The summed E-state index contributed by atoms with van der Waals surface area (Å²) in [5, 5.41) is 12.7. The van der Waals surface area contributed by atoms with Gasteiger partial charge in [0.05, 0.1) is 0 Å². The third kappa shape index (κ3) is 0.889. The second-order valence-electron chi connectivity index (χ2n) is 2.18. The molecule has 2 aromatic heterocycles. The van der Waals surface area contributed by atoms with Crippen molar-refractivity contribution in [2.45, 2.75) is 0 Å². The molecule has 2 rings (SSSR count). The van der Waals surface area contributed by atoms with Crippen molar-refractivity contribution >= 4 is 21.6 Å². The third-order valence-corrected chi connectivity index (χ3v) is 2.17. The van der Waals surface area contributed by atoms with E-state index in [1.54, 1.807) is 16.8 Å². The number of hydrogen-bond acceptors (Lipinski definition) is 3. The number of fused-ring (bicyclic) bond motifs is 1. The lowest BCUT2D eigenvalue weighted by Gasteiger charge is -1.95. The van der Waals surface area contributed by atoms with E-state index < -0.39 is 0 Å². The van der Waals surface area contributed by atoms with E-state index in [0.29, 0.717) is 11.2 Å². The Kier molecular flexibility index (Phi) is 1.55. The summed E-state index contributed by atoms with van der Waals surface area (Å²) in [6, 6.07) is 3.82. The zero-order valence-electron chi connectivity index (χ0n) is 5.90. The highest BCUT2D eigenvalue weighted by Crippen LogP contribution is 2.18. The van der Waals surface area contributed by atoms with Crippen molar-refractivity contribution in [3.63, 3.8) is 0 Å². The molecule has 5 heteroatoms. The Balaban J connectivity index is 2.94. The lowest BCUT2D eigenvalue weighted by Crippen LogP contribution is -1.90. The minimum Gasteiger partial charge on any atom is -0.220 e. The van der Waals surface area contributed by atoms with Gasteiger partial charge in [0.15, 0.2) is 5.65 Å². The second-order valence-corrected chi connectivity index (χ2v) is 3.03. The van der Waals surface area contributed by atoms with E-state index in [-0.39, 0.29) is 0 Å². The molecule has 0 spiro atoms. The number of rotatable bonds is 0. The molecule has 0 unspecified atom stereocenters. The number of hydrogen-bond donors (Lipinski definition) is 0. The first-order valence-electron chi connectivity index (χ1n) is 3.21. The molecule has 0 aromatic carbocycles. The van der Waals surface area contributed by atoms with E-state index >= 15 is 0 Å². The predicted molar refractivity (Wildman–Crippen MR) is 45.4 cm³/mol. The predicted octanol–water partition coefficient (Wildman–Crippen LogP) is 1.36. The van der Waals surface area contributed by atoms with E-state index in [1.165, 1.54) is 6.33 Å². The molecule has 4 nitrogen and oxygen atoms in total. The summed E-state index contributed by atoms with van der Waals surface area (Å²) in [6.45, 7) is 0. The molecule has 0 radical (unpaired) electrons. The summed E-state index contributed by atoms with van der Waals surface area (Å²) >= 11 is 3.26. The van der Waals surface area contributed by atoms with Crippen LogP contribution in [0.25, 0.3) is 5.65 Å². The maximum absolute atomic E-state index is 8.77. The van der Waals surface area contributed by atoms with Gasteiger partial charge < -0.3 is 0 Å². The van der Waals surface area contributed by atoms with Gasteiger partial charge in [0.2, 0.25) is 0 Å². The van der Waals surface area contributed by atoms with Gasteiger partial charge in [-0.15, -0.1) is 0 Å². The van der Waals surface area contributed by atoms with Crippen molar-refractivity contribution in [1.82, 2.24) is 14.6 Å². The smallest absolute Gasteiger partial charge is 0.174 e. The lowest BCUT2D eigenvalue weighted by molar-refractivity contribution is 0.957. The van der Waals surface area contributed by atoms with Crippen LogP contribution in [-0.2, 0) is 0 Å². The van der Waals surface area contributed by atoms with Gasteiger partial charge in [-0.3, -0.25) is 0 Å². The van der Waals surface area contributed by atoms with E-state index in [2.05, 4.69) is 32.1 Å². The topological polar surface area (TPSA) is 54.0 Å². The van der Waals surface area contributed by atoms with Crippen LogP contribution in [0.1, 0.15) is 5.56 Å². The van der Waals surface area contributed by atoms with Crippen molar-refractivity contribution in [1.29, 1.82) is 5.26 Å². The fraction of sp³-hybridized carbons (Fsp3) is 0. The molecule has 0 saturated heterocycles. The van der Waals surface area contributed by atoms with Crippen LogP contribution in [0.15, 0.2) is 23.1 Å². The second kappa shape index (κ2) is 2.57. The maximum Gasteiger partial charge on any atom is 0.174 e. The summed E-state index contributed by atoms with van der Waals surface area (Å²) in [6.07, 6.45) is 3.16. The number of pyridine rings is 1. The van der Waals surface area contributed by atoms with Crippen molar-refractivity contribution < 1.29 is 0 Å². The van der Waals surface area contributed by atoms with Crippen LogP contribution in [0.2, 0.25) is 0 Å².